The van der Waals surface area contributed by atoms with E-state index in [-0.39, 0.29) is 17.3 Å². The third-order valence-corrected chi connectivity index (χ3v) is 8.09. The summed E-state index contributed by atoms with van der Waals surface area (Å²) in [4.78, 5) is 28.7. The Morgan fingerprint density at radius 3 is 2.16 bits per heavy atom. The van der Waals surface area contributed by atoms with Crippen LogP contribution in [0.1, 0.15) is 43.4 Å². The number of carbonyl (C=O) groups excluding carboxylic acids is 2. The smallest absolute Gasteiger partial charge is 0.264 e. The molecule has 38 heavy (non-hydrogen) atoms. The fraction of sp³-hybridized carbons (Fsp3) is 0.333. The molecule has 8 heteroatoms. The molecule has 0 aromatic heterocycles. The highest BCUT2D eigenvalue weighted by molar-refractivity contribution is 7.92. The zero-order chi connectivity index (χ0) is 27.7. The molecule has 0 saturated carbocycles. The minimum Gasteiger partial charge on any atom is -0.354 e. The van der Waals surface area contributed by atoms with Gasteiger partial charge in [-0.3, -0.25) is 13.9 Å². The van der Waals surface area contributed by atoms with Gasteiger partial charge < -0.3 is 10.2 Å². The number of hydrogen-bond donors (Lipinski definition) is 1. The van der Waals surface area contributed by atoms with Gasteiger partial charge in [-0.15, -0.1) is 0 Å². The van der Waals surface area contributed by atoms with Gasteiger partial charge in [0.25, 0.3) is 10.0 Å². The second kappa shape index (κ2) is 13.2. The van der Waals surface area contributed by atoms with Crippen molar-refractivity contribution in [2.45, 2.75) is 58.0 Å². The van der Waals surface area contributed by atoms with Crippen LogP contribution in [0.3, 0.4) is 0 Å². The van der Waals surface area contributed by atoms with Crippen molar-refractivity contribution in [1.82, 2.24) is 10.2 Å². The minimum absolute atomic E-state index is 0.0951. The number of nitrogens with one attached hydrogen (secondary N) is 1. The van der Waals surface area contributed by atoms with E-state index in [9.17, 15) is 18.0 Å². The average molecular weight is 536 g/mol. The molecular formula is C30H37N3O4S. The number of rotatable bonds is 12. The van der Waals surface area contributed by atoms with Gasteiger partial charge in [0.05, 0.1) is 10.6 Å². The van der Waals surface area contributed by atoms with Crippen molar-refractivity contribution in [3.05, 3.63) is 95.6 Å². The van der Waals surface area contributed by atoms with Crippen molar-refractivity contribution in [1.29, 1.82) is 0 Å². The standard InChI is InChI=1S/C30H37N3O4S/c1-5-19-31-30(35)28(6-2)32(21-25-12-10-11-24(4)20-25)29(34)22-33(26-13-8-7-9-14-26)38(36,37)27-17-15-23(3)16-18-27/h7-18,20,28H,5-6,19,21-22H2,1-4H3,(H,31,35)/t28-/m0/s1. The predicted molar refractivity (Wildman–Crippen MR) is 151 cm³/mol. The Labute approximate surface area is 226 Å². The maximum Gasteiger partial charge on any atom is 0.264 e. The van der Waals surface area contributed by atoms with Gasteiger partial charge in [-0.05, 0) is 56.5 Å². The van der Waals surface area contributed by atoms with Crippen molar-refractivity contribution < 1.29 is 18.0 Å². The highest BCUT2D eigenvalue weighted by atomic mass is 32.2. The van der Waals surface area contributed by atoms with E-state index < -0.39 is 28.5 Å². The van der Waals surface area contributed by atoms with Crippen LogP contribution in [-0.2, 0) is 26.2 Å². The van der Waals surface area contributed by atoms with E-state index in [2.05, 4.69) is 5.32 Å². The van der Waals surface area contributed by atoms with Gasteiger partial charge in [0, 0.05) is 13.1 Å². The van der Waals surface area contributed by atoms with Gasteiger partial charge in [0.15, 0.2) is 0 Å². The number of aryl methyl sites for hydroxylation is 2. The lowest BCUT2D eigenvalue weighted by Crippen LogP contribution is -2.52. The first kappa shape index (κ1) is 28.9. The summed E-state index contributed by atoms with van der Waals surface area (Å²) in [6.45, 7) is 7.91. The molecule has 1 atom stereocenters. The zero-order valence-corrected chi connectivity index (χ0v) is 23.4. The molecule has 0 spiro atoms. The Morgan fingerprint density at radius 2 is 1.55 bits per heavy atom. The molecule has 0 radical (unpaired) electrons. The van der Waals surface area contributed by atoms with Gasteiger partial charge >= 0.3 is 0 Å². The van der Waals surface area contributed by atoms with Crippen LogP contribution in [0.5, 0.6) is 0 Å². The van der Waals surface area contributed by atoms with Crippen LogP contribution in [0.25, 0.3) is 0 Å². The summed E-state index contributed by atoms with van der Waals surface area (Å²) < 4.78 is 28.7. The Balaban J connectivity index is 2.02. The first-order chi connectivity index (χ1) is 18.2. The van der Waals surface area contributed by atoms with Crippen LogP contribution < -0.4 is 9.62 Å². The quantitative estimate of drug-likeness (QED) is 0.360. The first-order valence-corrected chi connectivity index (χ1v) is 14.4. The normalized spacial score (nSPS) is 12.0. The molecule has 7 nitrogen and oxygen atoms in total. The topological polar surface area (TPSA) is 86.8 Å². The van der Waals surface area contributed by atoms with Crippen molar-refractivity contribution in [3.63, 3.8) is 0 Å². The van der Waals surface area contributed by atoms with Crippen LogP contribution in [-0.4, -0.2) is 44.3 Å². The maximum atomic E-state index is 14.0. The highest BCUT2D eigenvalue weighted by Gasteiger charge is 2.33. The molecule has 0 heterocycles. The summed E-state index contributed by atoms with van der Waals surface area (Å²) in [6.07, 6.45) is 1.16. The molecule has 0 saturated heterocycles. The third kappa shape index (κ3) is 7.22. The molecule has 3 aromatic carbocycles. The zero-order valence-electron chi connectivity index (χ0n) is 22.6. The van der Waals surface area contributed by atoms with Crippen molar-refractivity contribution in [2.24, 2.45) is 0 Å². The average Bonchev–Trinajstić information content (AvgIpc) is 2.91. The van der Waals surface area contributed by atoms with Crippen LogP contribution in [0.4, 0.5) is 5.69 Å². The van der Waals surface area contributed by atoms with E-state index in [1.807, 2.05) is 52.0 Å². The molecule has 202 valence electrons. The van der Waals surface area contributed by atoms with Gasteiger partial charge in [-0.2, -0.15) is 0 Å². The van der Waals surface area contributed by atoms with Crippen LogP contribution in [0.2, 0.25) is 0 Å². The summed E-state index contributed by atoms with van der Waals surface area (Å²) in [6, 6.07) is 22.1. The third-order valence-electron chi connectivity index (χ3n) is 6.30. The Hall–Kier alpha value is -3.65. The number of nitrogens with zero attached hydrogens (tertiary/aromatic N) is 2. The molecule has 0 aliphatic heterocycles. The van der Waals surface area contributed by atoms with E-state index >= 15 is 0 Å². The lowest BCUT2D eigenvalue weighted by atomic mass is 10.1. The summed E-state index contributed by atoms with van der Waals surface area (Å²) in [5, 5.41) is 2.90. The molecule has 0 aliphatic rings. The Kier molecular flexibility index (Phi) is 10.1. The number of hydrogen-bond acceptors (Lipinski definition) is 4. The summed E-state index contributed by atoms with van der Waals surface area (Å²) in [5.74, 6) is -0.701. The van der Waals surface area contributed by atoms with Gasteiger partial charge in [0.1, 0.15) is 12.6 Å². The number of para-hydroxylation sites is 1. The lowest BCUT2D eigenvalue weighted by Gasteiger charge is -2.33. The largest absolute Gasteiger partial charge is 0.354 e. The molecule has 2 amide bonds. The SMILES string of the molecule is CCCNC(=O)[C@H](CC)N(Cc1cccc(C)c1)C(=O)CN(c1ccccc1)S(=O)(=O)c1ccc(C)cc1. The predicted octanol–water partition coefficient (Wildman–Crippen LogP) is 4.83. The number of anilines is 1. The Bertz CT molecular complexity index is 1330. The number of amides is 2. The summed E-state index contributed by atoms with van der Waals surface area (Å²) in [5.41, 5.74) is 3.21. The molecule has 3 aromatic rings. The highest BCUT2D eigenvalue weighted by Crippen LogP contribution is 2.25. The van der Waals surface area contributed by atoms with Crippen LogP contribution in [0.15, 0.2) is 83.8 Å². The van der Waals surface area contributed by atoms with Gasteiger partial charge in [0.2, 0.25) is 11.8 Å². The van der Waals surface area contributed by atoms with Crippen molar-refractivity contribution in [3.8, 4) is 0 Å². The lowest BCUT2D eigenvalue weighted by molar-refractivity contribution is -0.140. The fourth-order valence-electron chi connectivity index (χ4n) is 4.25. The maximum absolute atomic E-state index is 14.0. The molecule has 1 N–H and O–H groups in total. The second-order valence-electron chi connectivity index (χ2n) is 9.39. The second-order valence-corrected chi connectivity index (χ2v) is 11.2. The van der Waals surface area contributed by atoms with E-state index in [4.69, 9.17) is 0 Å². The first-order valence-electron chi connectivity index (χ1n) is 12.9. The van der Waals surface area contributed by atoms with Crippen LogP contribution >= 0.6 is 0 Å². The molecule has 3 rings (SSSR count). The summed E-state index contributed by atoms with van der Waals surface area (Å²) >= 11 is 0. The van der Waals surface area contributed by atoms with E-state index in [1.54, 1.807) is 54.6 Å². The van der Waals surface area contributed by atoms with Gasteiger partial charge in [-0.1, -0.05) is 79.6 Å². The monoisotopic (exact) mass is 535 g/mol. The van der Waals surface area contributed by atoms with E-state index in [0.717, 1.165) is 27.4 Å². The Morgan fingerprint density at radius 1 is 0.868 bits per heavy atom. The number of benzene rings is 3. The molecule has 0 aliphatic carbocycles. The van der Waals surface area contributed by atoms with E-state index in [0.29, 0.717) is 18.7 Å². The van der Waals surface area contributed by atoms with Crippen molar-refractivity contribution >= 4 is 27.5 Å². The van der Waals surface area contributed by atoms with Crippen molar-refractivity contribution in [2.75, 3.05) is 17.4 Å². The number of sulfonamides is 1. The fourth-order valence-corrected chi connectivity index (χ4v) is 5.67. The molecule has 0 unspecified atom stereocenters. The number of carbonyl (C=O) groups is 2. The van der Waals surface area contributed by atoms with E-state index in [1.165, 1.54) is 4.90 Å². The van der Waals surface area contributed by atoms with Gasteiger partial charge in [-0.25, -0.2) is 8.42 Å². The molecular weight excluding hydrogens is 498 g/mol. The molecule has 0 bridgehead atoms. The minimum atomic E-state index is -4.06. The summed E-state index contributed by atoms with van der Waals surface area (Å²) in [7, 11) is -4.06. The van der Waals surface area contributed by atoms with Crippen LogP contribution in [0, 0.1) is 13.8 Å². The molecule has 0 fully saturated rings.